The second-order valence-corrected chi connectivity index (χ2v) is 5.32. The second-order valence-electron chi connectivity index (χ2n) is 4.40. The third kappa shape index (κ3) is 3.45. The first kappa shape index (κ1) is 16.0. The molecule has 0 spiro atoms. The van der Waals surface area contributed by atoms with Gasteiger partial charge in [0.25, 0.3) is 5.91 Å². The van der Waals surface area contributed by atoms with Gasteiger partial charge in [-0.15, -0.1) is 0 Å². The summed E-state index contributed by atoms with van der Waals surface area (Å²) in [5.41, 5.74) is 0.599. The van der Waals surface area contributed by atoms with Gasteiger partial charge in [0.05, 0.1) is 0 Å². The quantitative estimate of drug-likeness (QED) is 0.610. The smallest absolute Gasteiger partial charge is 0.341 e. The van der Waals surface area contributed by atoms with Crippen LogP contribution in [0.1, 0.15) is 12.5 Å². The Morgan fingerprint density at radius 3 is 2.77 bits per heavy atom. The van der Waals surface area contributed by atoms with Crippen LogP contribution >= 0.6 is 15.9 Å². The molecule has 3 amide bonds. The summed E-state index contributed by atoms with van der Waals surface area (Å²) in [4.78, 5) is 35.3. The van der Waals surface area contributed by atoms with Crippen molar-refractivity contribution in [2.45, 2.75) is 6.92 Å². The third-order valence-corrected chi connectivity index (χ3v) is 3.39. The van der Waals surface area contributed by atoms with E-state index >= 15 is 0 Å². The van der Waals surface area contributed by atoms with Gasteiger partial charge < -0.3 is 15.2 Å². The highest BCUT2D eigenvalue weighted by Crippen LogP contribution is 2.26. The molecule has 1 aromatic rings. The molecule has 0 unspecified atom stereocenters. The summed E-state index contributed by atoms with van der Waals surface area (Å²) >= 11 is 3.29. The summed E-state index contributed by atoms with van der Waals surface area (Å²) < 4.78 is 5.90. The van der Waals surface area contributed by atoms with Crippen LogP contribution in [-0.4, -0.2) is 41.1 Å². The summed E-state index contributed by atoms with van der Waals surface area (Å²) in [6, 6.07) is 4.45. The van der Waals surface area contributed by atoms with E-state index in [4.69, 9.17) is 9.84 Å². The van der Waals surface area contributed by atoms with E-state index in [1.54, 1.807) is 25.1 Å². The lowest BCUT2D eigenvalue weighted by Gasteiger charge is -2.08. The van der Waals surface area contributed by atoms with Gasteiger partial charge in [0.2, 0.25) is 0 Å². The number of likely N-dealkylation sites (N-methyl/N-ethyl adjacent to an activating group) is 1. The van der Waals surface area contributed by atoms with Gasteiger partial charge in [-0.25, -0.2) is 9.59 Å². The van der Waals surface area contributed by atoms with Crippen LogP contribution in [-0.2, 0) is 9.59 Å². The molecule has 2 N–H and O–H groups in total. The fraction of sp³-hybridized carbons (Fsp3) is 0.214. The van der Waals surface area contributed by atoms with Crippen molar-refractivity contribution >= 4 is 39.9 Å². The SMILES string of the molecule is CCN1C(=O)N/C(=C/c2cc(Br)ccc2OCC(=O)O)C1=O. The molecular weight excluding hydrogens is 356 g/mol. The summed E-state index contributed by atoms with van der Waals surface area (Å²) in [7, 11) is 0. The fourth-order valence-electron chi connectivity index (χ4n) is 1.92. The second kappa shape index (κ2) is 6.61. The molecule has 7 nitrogen and oxygen atoms in total. The summed E-state index contributed by atoms with van der Waals surface area (Å²) in [5, 5.41) is 11.2. The topological polar surface area (TPSA) is 95.9 Å². The van der Waals surface area contributed by atoms with Crippen molar-refractivity contribution in [2.75, 3.05) is 13.2 Å². The molecule has 0 aliphatic carbocycles. The van der Waals surface area contributed by atoms with Gasteiger partial charge in [-0.05, 0) is 31.2 Å². The molecule has 8 heteroatoms. The average molecular weight is 369 g/mol. The van der Waals surface area contributed by atoms with Gasteiger partial charge in [0.15, 0.2) is 6.61 Å². The number of aliphatic carboxylic acids is 1. The molecule has 1 aliphatic heterocycles. The van der Waals surface area contributed by atoms with E-state index in [2.05, 4.69) is 21.2 Å². The predicted molar refractivity (Wildman–Crippen MR) is 81.2 cm³/mol. The molecule has 0 radical (unpaired) electrons. The minimum atomic E-state index is -1.11. The number of urea groups is 1. The van der Waals surface area contributed by atoms with Crippen LogP contribution in [0.3, 0.4) is 0 Å². The number of amides is 3. The standard InChI is InChI=1S/C14H13BrN2O5/c1-2-17-13(20)10(16-14(17)21)6-8-5-9(15)3-4-11(8)22-7-12(18)19/h3-6H,2,7H2,1H3,(H,16,21)(H,18,19)/b10-6+. The molecular formula is C14H13BrN2O5. The lowest BCUT2D eigenvalue weighted by Crippen LogP contribution is -2.30. The zero-order chi connectivity index (χ0) is 16.3. The van der Waals surface area contributed by atoms with E-state index in [-0.39, 0.29) is 12.2 Å². The van der Waals surface area contributed by atoms with Crippen molar-refractivity contribution in [1.29, 1.82) is 0 Å². The van der Waals surface area contributed by atoms with Crippen molar-refractivity contribution in [3.8, 4) is 5.75 Å². The third-order valence-electron chi connectivity index (χ3n) is 2.90. The zero-order valence-corrected chi connectivity index (χ0v) is 13.2. The fourth-order valence-corrected chi connectivity index (χ4v) is 2.30. The Balaban J connectivity index is 2.34. The maximum atomic E-state index is 12.0. The summed E-state index contributed by atoms with van der Waals surface area (Å²) in [6.45, 7) is 1.46. The first-order valence-electron chi connectivity index (χ1n) is 6.41. The molecule has 1 fully saturated rings. The first-order valence-corrected chi connectivity index (χ1v) is 7.20. The molecule has 0 bridgehead atoms. The van der Waals surface area contributed by atoms with Gasteiger partial charge in [0, 0.05) is 16.6 Å². The van der Waals surface area contributed by atoms with Crippen LogP contribution in [0.25, 0.3) is 6.08 Å². The summed E-state index contributed by atoms with van der Waals surface area (Å²) in [6.07, 6.45) is 1.46. The highest BCUT2D eigenvalue weighted by Gasteiger charge is 2.32. The number of carboxylic acid groups (broad SMARTS) is 1. The molecule has 22 heavy (non-hydrogen) atoms. The predicted octanol–water partition coefficient (Wildman–Crippen LogP) is 1.83. The van der Waals surface area contributed by atoms with Crippen LogP contribution in [0.15, 0.2) is 28.4 Å². The number of carboxylic acids is 1. The number of nitrogens with one attached hydrogen (secondary N) is 1. The Hall–Kier alpha value is -2.35. The highest BCUT2D eigenvalue weighted by atomic mass is 79.9. The number of benzene rings is 1. The van der Waals surface area contributed by atoms with Crippen molar-refractivity contribution in [3.63, 3.8) is 0 Å². The van der Waals surface area contributed by atoms with E-state index < -0.39 is 24.5 Å². The Labute approximate surface area is 134 Å². The molecule has 1 heterocycles. The lowest BCUT2D eigenvalue weighted by molar-refractivity contribution is -0.139. The number of imide groups is 1. The minimum absolute atomic E-state index is 0.116. The first-order chi connectivity index (χ1) is 10.4. The number of carbonyl (C=O) groups is 3. The number of halogens is 1. The average Bonchev–Trinajstić information content (AvgIpc) is 2.72. The van der Waals surface area contributed by atoms with E-state index in [0.717, 1.165) is 9.37 Å². The van der Waals surface area contributed by atoms with Crippen molar-refractivity contribution in [3.05, 3.63) is 33.9 Å². The molecule has 2 rings (SSSR count). The number of ether oxygens (including phenoxy) is 1. The molecule has 0 aromatic heterocycles. The Kier molecular flexibility index (Phi) is 4.81. The van der Waals surface area contributed by atoms with Crippen molar-refractivity contribution < 1.29 is 24.2 Å². The van der Waals surface area contributed by atoms with E-state index in [1.807, 2.05) is 0 Å². The van der Waals surface area contributed by atoms with Gasteiger partial charge in [-0.1, -0.05) is 15.9 Å². The van der Waals surface area contributed by atoms with E-state index in [9.17, 15) is 14.4 Å². The van der Waals surface area contributed by atoms with Crippen LogP contribution in [0.4, 0.5) is 4.79 Å². The monoisotopic (exact) mass is 368 g/mol. The number of carbonyl (C=O) groups excluding carboxylic acids is 2. The van der Waals surface area contributed by atoms with Gasteiger partial charge >= 0.3 is 12.0 Å². The number of nitrogens with zero attached hydrogens (tertiary/aromatic N) is 1. The molecule has 0 atom stereocenters. The molecule has 0 saturated carbocycles. The van der Waals surface area contributed by atoms with Crippen LogP contribution in [0.2, 0.25) is 0 Å². The van der Waals surface area contributed by atoms with E-state index in [0.29, 0.717) is 11.3 Å². The number of hydrogen-bond donors (Lipinski definition) is 2. The zero-order valence-electron chi connectivity index (χ0n) is 11.6. The van der Waals surface area contributed by atoms with Gasteiger partial charge in [-0.2, -0.15) is 0 Å². The van der Waals surface area contributed by atoms with Crippen molar-refractivity contribution in [2.24, 2.45) is 0 Å². The molecule has 1 saturated heterocycles. The lowest BCUT2D eigenvalue weighted by atomic mass is 10.1. The normalized spacial score (nSPS) is 16.1. The van der Waals surface area contributed by atoms with E-state index in [1.165, 1.54) is 6.08 Å². The summed E-state index contributed by atoms with van der Waals surface area (Å²) in [5.74, 6) is -1.24. The van der Waals surface area contributed by atoms with Gasteiger partial charge in [0.1, 0.15) is 11.4 Å². The maximum absolute atomic E-state index is 12.0. The number of hydrogen-bond acceptors (Lipinski definition) is 4. The number of rotatable bonds is 5. The molecule has 1 aliphatic rings. The van der Waals surface area contributed by atoms with Crippen LogP contribution in [0.5, 0.6) is 5.75 Å². The Morgan fingerprint density at radius 1 is 1.45 bits per heavy atom. The molecule has 1 aromatic carbocycles. The molecule has 116 valence electrons. The van der Waals surface area contributed by atoms with Crippen LogP contribution in [0, 0.1) is 0 Å². The van der Waals surface area contributed by atoms with Crippen molar-refractivity contribution in [1.82, 2.24) is 10.2 Å². The maximum Gasteiger partial charge on any atom is 0.341 e. The minimum Gasteiger partial charge on any atom is -0.481 e. The highest BCUT2D eigenvalue weighted by molar-refractivity contribution is 9.10. The van der Waals surface area contributed by atoms with Crippen LogP contribution < -0.4 is 10.1 Å². The van der Waals surface area contributed by atoms with Gasteiger partial charge in [-0.3, -0.25) is 9.69 Å². The Morgan fingerprint density at radius 2 is 2.18 bits per heavy atom. The largest absolute Gasteiger partial charge is 0.481 e. The Bertz CT molecular complexity index is 671.